The van der Waals surface area contributed by atoms with Gasteiger partial charge in [0, 0.05) is 37.6 Å². The van der Waals surface area contributed by atoms with E-state index in [0.717, 1.165) is 48.8 Å². The summed E-state index contributed by atoms with van der Waals surface area (Å²) < 4.78 is 4.03. The number of hydrogen-bond acceptors (Lipinski definition) is 3. The molecule has 0 bridgehead atoms. The third-order valence-electron chi connectivity index (χ3n) is 5.67. The van der Waals surface area contributed by atoms with Crippen molar-refractivity contribution in [3.8, 4) is 5.69 Å². The summed E-state index contributed by atoms with van der Waals surface area (Å²) >= 11 is 0. The van der Waals surface area contributed by atoms with Gasteiger partial charge in [0.15, 0.2) is 0 Å². The molecule has 1 aliphatic carbocycles. The lowest BCUT2D eigenvalue weighted by Crippen LogP contribution is -2.34. The molecule has 0 radical (unpaired) electrons. The summed E-state index contributed by atoms with van der Waals surface area (Å²) in [6, 6.07) is 14.0. The van der Waals surface area contributed by atoms with Crippen molar-refractivity contribution in [1.82, 2.24) is 19.2 Å². The van der Waals surface area contributed by atoms with Crippen molar-refractivity contribution in [3.63, 3.8) is 0 Å². The fraction of sp³-hybridized carbons (Fsp3) is 0.364. The van der Waals surface area contributed by atoms with Crippen molar-refractivity contribution >= 4 is 0 Å². The van der Waals surface area contributed by atoms with Crippen LogP contribution in [-0.4, -0.2) is 32.3 Å². The molecule has 5 nitrogen and oxygen atoms in total. The third-order valence-corrected chi connectivity index (χ3v) is 5.67. The van der Waals surface area contributed by atoms with E-state index in [1.54, 1.807) is 6.20 Å². The van der Waals surface area contributed by atoms with Crippen molar-refractivity contribution in [3.05, 3.63) is 82.0 Å². The molecule has 1 aromatic carbocycles. The highest BCUT2D eigenvalue weighted by Gasteiger charge is 2.30. The average molecular weight is 360 g/mol. The molecule has 3 heterocycles. The zero-order chi connectivity index (χ0) is 18.2. The Kier molecular flexibility index (Phi) is 4.17. The molecule has 5 heteroatoms. The Hall–Kier alpha value is -2.66. The van der Waals surface area contributed by atoms with E-state index < -0.39 is 0 Å². The van der Waals surface area contributed by atoms with Gasteiger partial charge < -0.3 is 0 Å². The highest BCUT2D eigenvalue weighted by molar-refractivity contribution is 5.35. The quantitative estimate of drug-likeness (QED) is 0.703. The highest BCUT2D eigenvalue weighted by Crippen LogP contribution is 2.31. The first-order valence-corrected chi connectivity index (χ1v) is 9.80. The van der Waals surface area contributed by atoms with E-state index >= 15 is 0 Å². The van der Waals surface area contributed by atoms with Gasteiger partial charge in [-0.3, -0.25) is 19.4 Å². The van der Waals surface area contributed by atoms with Crippen LogP contribution in [0.1, 0.15) is 29.7 Å². The van der Waals surface area contributed by atoms with Gasteiger partial charge in [0.25, 0.3) is 5.56 Å². The predicted molar refractivity (Wildman–Crippen MR) is 105 cm³/mol. The maximum absolute atomic E-state index is 13.3. The number of hydrogen-bond donors (Lipinski definition) is 0. The topological polar surface area (TPSA) is 43.1 Å². The van der Waals surface area contributed by atoms with Gasteiger partial charge in [-0.25, -0.2) is 4.68 Å². The second-order valence-corrected chi connectivity index (χ2v) is 7.73. The molecule has 2 aliphatic rings. The molecule has 27 heavy (non-hydrogen) atoms. The summed E-state index contributed by atoms with van der Waals surface area (Å²) in [5, 5.41) is 0. The fourth-order valence-electron chi connectivity index (χ4n) is 4.10. The van der Waals surface area contributed by atoms with Gasteiger partial charge in [-0.15, -0.1) is 0 Å². The van der Waals surface area contributed by atoms with Crippen LogP contribution >= 0.6 is 0 Å². The lowest BCUT2D eigenvalue weighted by Gasteiger charge is -2.27. The zero-order valence-electron chi connectivity index (χ0n) is 15.4. The van der Waals surface area contributed by atoms with Gasteiger partial charge in [-0.05, 0) is 48.9 Å². The number of aromatic nitrogens is 3. The minimum atomic E-state index is 0.131. The zero-order valence-corrected chi connectivity index (χ0v) is 15.4. The van der Waals surface area contributed by atoms with E-state index in [9.17, 15) is 4.79 Å². The summed E-state index contributed by atoms with van der Waals surface area (Å²) in [6.07, 6.45) is 7.23. The SMILES string of the molecule is O=c1c2c(n(Cc3cccnc3)n1-c1ccccc1)CN(CC1CC1)CC2. The number of fused-ring (bicyclic) bond motifs is 1. The largest absolute Gasteiger partial charge is 0.297 e. The molecule has 138 valence electrons. The second-order valence-electron chi connectivity index (χ2n) is 7.73. The molecule has 0 atom stereocenters. The van der Waals surface area contributed by atoms with Crippen LogP contribution in [0.5, 0.6) is 0 Å². The predicted octanol–water partition coefficient (Wildman–Crippen LogP) is 2.85. The molecule has 2 aromatic heterocycles. The molecule has 0 unspecified atom stereocenters. The average Bonchev–Trinajstić information content (AvgIpc) is 3.48. The van der Waals surface area contributed by atoms with Gasteiger partial charge in [-0.2, -0.15) is 0 Å². The molecule has 0 spiro atoms. The molecular formula is C22H24N4O. The normalized spacial score (nSPS) is 17.0. The fourth-order valence-corrected chi connectivity index (χ4v) is 4.10. The van der Waals surface area contributed by atoms with Crippen LogP contribution in [0.2, 0.25) is 0 Å². The minimum absolute atomic E-state index is 0.131. The Labute approximate surface area is 158 Å². The standard InChI is InChI=1S/C22H24N4O/c27-22-20-10-12-24(14-17-8-9-17)16-21(20)25(15-18-5-4-11-23-13-18)26(22)19-6-2-1-3-7-19/h1-7,11,13,17H,8-10,12,14-16H2. The van der Waals surface area contributed by atoms with Crippen LogP contribution < -0.4 is 5.56 Å². The summed E-state index contributed by atoms with van der Waals surface area (Å²) in [4.78, 5) is 20.1. The van der Waals surface area contributed by atoms with E-state index in [1.807, 2.05) is 47.3 Å². The van der Waals surface area contributed by atoms with E-state index in [0.29, 0.717) is 6.54 Å². The van der Waals surface area contributed by atoms with Gasteiger partial charge >= 0.3 is 0 Å². The Balaban J connectivity index is 1.60. The van der Waals surface area contributed by atoms with Gasteiger partial charge in [0.05, 0.1) is 17.9 Å². The monoisotopic (exact) mass is 360 g/mol. The molecule has 0 amide bonds. The highest BCUT2D eigenvalue weighted by atomic mass is 16.1. The molecule has 1 fully saturated rings. The molecule has 3 aromatic rings. The number of para-hydroxylation sites is 1. The van der Waals surface area contributed by atoms with Crippen LogP contribution in [0.4, 0.5) is 0 Å². The van der Waals surface area contributed by atoms with Crippen molar-refractivity contribution < 1.29 is 0 Å². The van der Waals surface area contributed by atoms with E-state index in [4.69, 9.17) is 0 Å². The number of benzene rings is 1. The Morgan fingerprint density at radius 2 is 1.93 bits per heavy atom. The summed E-state index contributed by atoms with van der Waals surface area (Å²) in [5.41, 5.74) is 4.31. The first kappa shape index (κ1) is 16.5. The molecule has 0 N–H and O–H groups in total. The molecule has 1 aliphatic heterocycles. The Bertz CT molecular complexity index is 986. The molecule has 5 rings (SSSR count). The second kappa shape index (κ2) is 6.82. The van der Waals surface area contributed by atoms with E-state index in [2.05, 4.69) is 20.6 Å². The van der Waals surface area contributed by atoms with Crippen LogP contribution in [0, 0.1) is 5.92 Å². The first-order valence-electron chi connectivity index (χ1n) is 9.80. The van der Waals surface area contributed by atoms with Crippen LogP contribution in [-0.2, 0) is 19.5 Å². The van der Waals surface area contributed by atoms with Gasteiger partial charge in [0.2, 0.25) is 0 Å². The number of rotatable bonds is 5. The Morgan fingerprint density at radius 1 is 1.07 bits per heavy atom. The van der Waals surface area contributed by atoms with Crippen molar-refractivity contribution in [2.24, 2.45) is 5.92 Å². The van der Waals surface area contributed by atoms with Gasteiger partial charge in [-0.1, -0.05) is 24.3 Å². The van der Waals surface area contributed by atoms with Crippen molar-refractivity contribution in [1.29, 1.82) is 0 Å². The van der Waals surface area contributed by atoms with Gasteiger partial charge in [0.1, 0.15) is 0 Å². The third kappa shape index (κ3) is 3.23. The lowest BCUT2D eigenvalue weighted by molar-refractivity contribution is 0.235. The summed E-state index contributed by atoms with van der Waals surface area (Å²) in [5.74, 6) is 0.862. The summed E-state index contributed by atoms with van der Waals surface area (Å²) in [6.45, 7) is 3.67. The van der Waals surface area contributed by atoms with Crippen LogP contribution in [0.3, 0.4) is 0 Å². The van der Waals surface area contributed by atoms with Crippen molar-refractivity contribution in [2.45, 2.75) is 32.4 Å². The minimum Gasteiger partial charge on any atom is -0.297 e. The van der Waals surface area contributed by atoms with E-state index in [1.165, 1.54) is 18.5 Å². The smallest absolute Gasteiger partial charge is 0.274 e. The van der Waals surface area contributed by atoms with E-state index in [-0.39, 0.29) is 5.56 Å². The molecule has 0 saturated heterocycles. The van der Waals surface area contributed by atoms with Crippen LogP contribution in [0.15, 0.2) is 59.7 Å². The Morgan fingerprint density at radius 3 is 2.67 bits per heavy atom. The number of pyridine rings is 1. The maximum Gasteiger partial charge on any atom is 0.274 e. The summed E-state index contributed by atoms with van der Waals surface area (Å²) in [7, 11) is 0. The van der Waals surface area contributed by atoms with Crippen LogP contribution in [0.25, 0.3) is 5.69 Å². The van der Waals surface area contributed by atoms with Crippen molar-refractivity contribution in [2.75, 3.05) is 13.1 Å². The molecule has 1 saturated carbocycles. The maximum atomic E-state index is 13.3. The lowest BCUT2D eigenvalue weighted by atomic mass is 10.1. The first-order chi connectivity index (χ1) is 13.3. The molecular weight excluding hydrogens is 336 g/mol. The number of nitrogens with zero attached hydrogens (tertiary/aromatic N) is 4.